The quantitative estimate of drug-likeness (QED) is 0.694. The van der Waals surface area contributed by atoms with Crippen molar-refractivity contribution >= 4 is 22.7 Å². The fraction of sp³-hybridized carbons (Fsp3) is 0.111. The van der Waals surface area contributed by atoms with Crippen LogP contribution in [0.4, 0.5) is 0 Å². The number of fused-ring (bicyclic) bond motifs is 1. The molecule has 4 heteroatoms. The lowest BCUT2D eigenvalue weighted by molar-refractivity contribution is -0.255. The van der Waals surface area contributed by atoms with E-state index < -0.39 is 5.97 Å². The van der Waals surface area contributed by atoms with Gasteiger partial charge in [0, 0.05) is 34.8 Å². The molecule has 0 saturated heterocycles. The van der Waals surface area contributed by atoms with Gasteiger partial charge in [-0.3, -0.25) is 4.79 Å². The zero-order chi connectivity index (χ0) is 15.9. The maximum Gasteiger partial charge on any atom is 0.196 e. The number of para-hydroxylation sites is 1. The molecule has 0 radical (unpaired) electrons. The summed E-state index contributed by atoms with van der Waals surface area (Å²) in [5.74, 6) is -1.64. The van der Waals surface area contributed by atoms with E-state index in [2.05, 4.69) is 0 Å². The molecule has 1 aromatic heterocycles. The van der Waals surface area contributed by atoms with Gasteiger partial charge in [-0.15, -0.1) is 0 Å². The van der Waals surface area contributed by atoms with Gasteiger partial charge in [-0.2, -0.15) is 0 Å². The highest BCUT2D eigenvalue weighted by molar-refractivity contribution is 6.20. The molecule has 0 saturated carbocycles. The molecule has 4 nitrogen and oxygen atoms in total. The summed E-state index contributed by atoms with van der Waals surface area (Å²) in [6, 6.07) is 13.7. The molecule has 0 aliphatic rings. The van der Waals surface area contributed by atoms with Crippen molar-refractivity contribution in [1.29, 1.82) is 0 Å². The molecule has 0 N–H and O–H groups in total. The molecule has 22 heavy (non-hydrogen) atoms. The second kappa shape index (κ2) is 5.15. The van der Waals surface area contributed by atoms with E-state index in [1.54, 1.807) is 12.1 Å². The first-order chi connectivity index (χ1) is 10.5. The van der Waals surface area contributed by atoms with Crippen LogP contribution in [-0.2, 0) is 7.05 Å². The lowest BCUT2D eigenvalue weighted by Gasteiger charge is -2.09. The number of hydrogen-bond acceptors (Lipinski definition) is 3. The maximum atomic E-state index is 12.9. The number of aromatic carboxylic acids is 1. The molecule has 0 aliphatic carbocycles. The average Bonchev–Trinajstić information content (AvgIpc) is 2.79. The molecule has 0 bridgehead atoms. The molecule has 110 valence electrons. The number of carbonyl (C=O) groups is 2. The minimum Gasteiger partial charge on any atom is -0.545 e. The van der Waals surface area contributed by atoms with E-state index in [0.717, 1.165) is 16.6 Å². The van der Waals surface area contributed by atoms with Crippen LogP contribution in [0, 0.1) is 6.92 Å². The zero-order valence-corrected chi connectivity index (χ0v) is 12.3. The highest BCUT2D eigenvalue weighted by Crippen LogP contribution is 2.27. The molecule has 3 aromatic rings. The summed E-state index contributed by atoms with van der Waals surface area (Å²) in [6.45, 7) is 1.86. The Kier molecular flexibility index (Phi) is 3.29. The Bertz CT molecular complexity index is 906. The number of carbonyl (C=O) groups excluding carboxylic acids is 2. The van der Waals surface area contributed by atoms with Crippen molar-refractivity contribution in [2.24, 2.45) is 7.05 Å². The zero-order valence-electron chi connectivity index (χ0n) is 12.3. The second-order valence-corrected chi connectivity index (χ2v) is 5.20. The van der Waals surface area contributed by atoms with Crippen LogP contribution in [0.15, 0.2) is 48.5 Å². The van der Waals surface area contributed by atoms with Crippen LogP contribution in [0.1, 0.15) is 32.0 Å². The van der Waals surface area contributed by atoms with Crippen LogP contribution in [0.2, 0.25) is 0 Å². The molecule has 0 spiro atoms. The predicted molar refractivity (Wildman–Crippen MR) is 81.9 cm³/mol. The van der Waals surface area contributed by atoms with Gasteiger partial charge in [0.1, 0.15) is 0 Å². The van der Waals surface area contributed by atoms with E-state index in [-0.39, 0.29) is 16.9 Å². The first kappa shape index (κ1) is 14.1. The van der Waals surface area contributed by atoms with E-state index in [4.69, 9.17) is 0 Å². The van der Waals surface area contributed by atoms with Crippen molar-refractivity contribution in [1.82, 2.24) is 4.57 Å². The second-order valence-electron chi connectivity index (χ2n) is 5.20. The first-order valence-electron chi connectivity index (χ1n) is 6.91. The Labute approximate surface area is 127 Å². The van der Waals surface area contributed by atoms with Crippen molar-refractivity contribution in [2.45, 2.75) is 6.92 Å². The molecule has 0 aliphatic heterocycles. The van der Waals surface area contributed by atoms with Gasteiger partial charge in [0.05, 0.1) is 11.5 Å². The molecule has 0 fully saturated rings. The van der Waals surface area contributed by atoms with Crippen molar-refractivity contribution in [3.05, 3.63) is 70.9 Å². The van der Waals surface area contributed by atoms with Crippen LogP contribution in [0.5, 0.6) is 0 Å². The first-order valence-corrected chi connectivity index (χ1v) is 6.91. The molecular weight excluding hydrogens is 278 g/mol. The summed E-state index contributed by atoms with van der Waals surface area (Å²) in [6.07, 6.45) is 0. The average molecular weight is 292 g/mol. The Morgan fingerprint density at radius 2 is 1.55 bits per heavy atom. The third-order valence-corrected chi connectivity index (χ3v) is 4.02. The molecule has 0 amide bonds. The number of aryl methyl sites for hydroxylation is 1. The number of carboxylic acid groups (broad SMARTS) is 1. The molecule has 2 aromatic carbocycles. The van der Waals surface area contributed by atoms with Crippen LogP contribution in [0.3, 0.4) is 0 Å². The highest BCUT2D eigenvalue weighted by Gasteiger charge is 2.21. The number of carboxylic acids is 1. The van der Waals surface area contributed by atoms with Gasteiger partial charge >= 0.3 is 0 Å². The topological polar surface area (TPSA) is 62.1 Å². The van der Waals surface area contributed by atoms with Crippen LogP contribution in [-0.4, -0.2) is 16.3 Å². The fourth-order valence-electron chi connectivity index (χ4n) is 2.80. The van der Waals surface area contributed by atoms with Gasteiger partial charge in [0.2, 0.25) is 0 Å². The predicted octanol–water partition coefficient (Wildman–Crippen LogP) is 2.08. The number of hydrogen-bond donors (Lipinski definition) is 0. The van der Waals surface area contributed by atoms with Crippen molar-refractivity contribution in [3.8, 4) is 0 Å². The number of rotatable bonds is 3. The minimum absolute atomic E-state index is 0.0835. The van der Waals surface area contributed by atoms with Gasteiger partial charge < -0.3 is 14.5 Å². The van der Waals surface area contributed by atoms with E-state index in [1.165, 1.54) is 12.1 Å². The molecular formula is C18H14NO3-. The number of benzene rings is 2. The van der Waals surface area contributed by atoms with Gasteiger partial charge in [0.15, 0.2) is 5.78 Å². The lowest BCUT2D eigenvalue weighted by atomic mass is 9.96. The third-order valence-electron chi connectivity index (χ3n) is 4.02. The summed E-state index contributed by atoms with van der Waals surface area (Å²) >= 11 is 0. The summed E-state index contributed by atoms with van der Waals surface area (Å²) in [7, 11) is 1.89. The summed E-state index contributed by atoms with van der Waals surface area (Å²) in [4.78, 5) is 24.2. The Morgan fingerprint density at radius 3 is 2.23 bits per heavy atom. The molecule has 1 heterocycles. The standard InChI is InChI=1S/C18H15NO3/c1-11-16(14-9-5-6-10-15(14)19(11)2)17(20)12-7-3-4-8-13(12)18(21)22/h3-10H,1-2H3,(H,21,22)/p-1. The third kappa shape index (κ3) is 2.00. The number of nitrogens with zero attached hydrogens (tertiary/aromatic N) is 1. The SMILES string of the molecule is Cc1c(C(=O)c2ccccc2C(=O)[O-])c2ccccc2n1C. The smallest absolute Gasteiger partial charge is 0.196 e. The molecule has 0 unspecified atom stereocenters. The van der Waals surface area contributed by atoms with Crippen molar-refractivity contribution in [2.75, 3.05) is 0 Å². The Balaban J connectivity index is 2.27. The lowest BCUT2D eigenvalue weighted by Crippen LogP contribution is -2.25. The van der Waals surface area contributed by atoms with Gasteiger partial charge in [0.25, 0.3) is 0 Å². The number of ketones is 1. The van der Waals surface area contributed by atoms with Crippen molar-refractivity contribution < 1.29 is 14.7 Å². The fourth-order valence-corrected chi connectivity index (χ4v) is 2.80. The van der Waals surface area contributed by atoms with Crippen LogP contribution >= 0.6 is 0 Å². The maximum absolute atomic E-state index is 12.9. The Hall–Kier alpha value is -2.88. The van der Waals surface area contributed by atoms with Gasteiger partial charge in [-0.05, 0) is 13.0 Å². The van der Waals surface area contributed by atoms with Gasteiger partial charge in [-0.1, -0.05) is 42.5 Å². The van der Waals surface area contributed by atoms with E-state index in [0.29, 0.717) is 5.56 Å². The number of aromatic nitrogens is 1. The normalized spacial score (nSPS) is 10.8. The van der Waals surface area contributed by atoms with Crippen LogP contribution < -0.4 is 5.11 Å². The van der Waals surface area contributed by atoms with Crippen molar-refractivity contribution in [3.63, 3.8) is 0 Å². The van der Waals surface area contributed by atoms with E-state index in [9.17, 15) is 14.7 Å². The van der Waals surface area contributed by atoms with Gasteiger partial charge in [-0.25, -0.2) is 0 Å². The minimum atomic E-state index is -1.35. The van der Waals surface area contributed by atoms with Crippen LogP contribution in [0.25, 0.3) is 10.9 Å². The molecule has 3 rings (SSSR count). The monoisotopic (exact) mass is 292 g/mol. The van der Waals surface area contributed by atoms with E-state index >= 15 is 0 Å². The summed E-state index contributed by atoms with van der Waals surface area (Å²) < 4.78 is 1.93. The summed E-state index contributed by atoms with van der Waals surface area (Å²) in [5.41, 5.74) is 2.35. The highest BCUT2D eigenvalue weighted by atomic mass is 16.4. The Morgan fingerprint density at radius 1 is 0.955 bits per heavy atom. The van der Waals surface area contributed by atoms with E-state index in [1.807, 2.05) is 42.8 Å². The largest absolute Gasteiger partial charge is 0.545 e. The summed E-state index contributed by atoms with van der Waals surface area (Å²) in [5, 5.41) is 12.1. The molecule has 0 atom stereocenters.